The highest BCUT2D eigenvalue weighted by Gasteiger charge is 2.40. The molecule has 0 spiro atoms. The first-order valence-electron chi connectivity index (χ1n) is 6.07. The summed E-state index contributed by atoms with van der Waals surface area (Å²) in [6.45, 7) is -0.143. The number of amides is 1. The predicted molar refractivity (Wildman–Crippen MR) is 76.6 cm³/mol. The highest BCUT2D eigenvalue weighted by Crippen LogP contribution is 2.40. The number of carbonyl (C=O) groups is 1. The zero-order chi connectivity index (χ0) is 16.7. The molecule has 4 nitrogen and oxygen atoms in total. The Bertz CT molecular complexity index is 706. The Hall–Kier alpha value is -0.990. The van der Waals surface area contributed by atoms with Crippen LogP contribution in [0.5, 0.6) is 0 Å². The van der Waals surface area contributed by atoms with Gasteiger partial charge in [-0.05, 0) is 18.2 Å². The van der Waals surface area contributed by atoms with Crippen molar-refractivity contribution in [3.05, 3.63) is 28.8 Å². The van der Waals surface area contributed by atoms with Crippen molar-refractivity contribution in [2.75, 3.05) is 17.2 Å². The lowest BCUT2D eigenvalue weighted by molar-refractivity contribution is -0.137. The molecule has 2 rings (SSSR count). The number of nitrogens with zero attached hydrogens (tertiary/aromatic N) is 1. The third-order valence-electron chi connectivity index (χ3n) is 3.19. The fraction of sp³-hybridized carbons (Fsp3) is 0.417. The molecule has 0 aromatic heterocycles. The Balaban J connectivity index is 2.35. The van der Waals surface area contributed by atoms with Crippen LogP contribution in [0, 0.1) is 5.92 Å². The van der Waals surface area contributed by atoms with Crippen LogP contribution in [-0.2, 0) is 20.0 Å². The maximum absolute atomic E-state index is 13.1. The largest absolute Gasteiger partial charge is 0.418 e. The van der Waals surface area contributed by atoms with Crippen molar-refractivity contribution in [2.24, 2.45) is 5.92 Å². The van der Waals surface area contributed by atoms with Crippen molar-refractivity contribution >= 4 is 42.9 Å². The number of carbonyl (C=O) groups excluding carboxylic acids is 1. The van der Waals surface area contributed by atoms with Crippen LogP contribution >= 0.6 is 22.3 Å². The number of benzene rings is 1. The summed E-state index contributed by atoms with van der Waals surface area (Å²) in [6, 6.07) is 3.07. The molecular weight excluding hydrogens is 366 g/mol. The molecule has 1 aliphatic rings. The van der Waals surface area contributed by atoms with Gasteiger partial charge < -0.3 is 4.90 Å². The molecular formula is C12H10Cl2F3NO3S. The third kappa shape index (κ3) is 4.05. The first kappa shape index (κ1) is 17.4. The Morgan fingerprint density at radius 2 is 1.95 bits per heavy atom. The normalized spacial score (nSPS) is 19.8. The molecule has 1 aliphatic heterocycles. The summed E-state index contributed by atoms with van der Waals surface area (Å²) in [4.78, 5) is 12.8. The molecule has 1 heterocycles. The Morgan fingerprint density at radius 1 is 1.32 bits per heavy atom. The molecule has 0 aliphatic carbocycles. The fourth-order valence-electron chi connectivity index (χ4n) is 2.38. The van der Waals surface area contributed by atoms with E-state index in [1.165, 1.54) is 6.07 Å². The molecule has 1 fully saturated rings. The summed E-state index contributed by atoms with van der Waals surface area (Å²) in [5.41, 5.74) is -1.38. The van der Waals surface area contributed by atoms with Gasteiger partial charge in [-0.3, -0.25) is 4.79 Å². The Kier molecular flexibility index (Phi) is 4.66. The van der Waals surface area contributed by atoms with Crippen LogP contribution in [0.1, 0.15) is 12.0 Å². The number of rotatable bonds is 3. The molecule has 1 amide bonds. The van der Waals surface area contributed by atoms with Gasteiger partial charge >= 0.3 is 6.18 Å². The molecule has 1 atom stereocenters. The molecule has 1 aromatic rings. The second-order valence-corrected chi connectivity index (χ2v) is 8.20. The van der Waals surface area contributed by atoms with Gasteiger partial charge in [0.1, 0.15) is 0 Å². The molecule has 0 radical (unpaired) electrons. The van der Waals surface area contributed by atoms with E-state index in [1.54, 1.807) is 0 Å². The molecule has 0 saturated carbocycles. The van der Waals surface area contributed by atoms with Gasteiger partial charge in [0.05, 0.1) is 17.0 Å². The van der Waals surface area contributed by atoms with Gasteiger partial charge in [0.15, 0.2) is 0 Å². The van der Waals surface area contributed by atoms with Crippen LogP contribution in [0.4, 0.5) is 18.9 Å². The van der Waals surface area contributed by atoms with E-state index in [0.29, 0.717) is 0 Å². The van der Waals surface area contributed by atoms with Crippen LogP contribution in [0.15, 0.2) is 18.2 Å². The van der Waals surface area contributed by atoms with E-state index >= 15 is 0 Å². The molecule has 1 unspecified atom stereocenters. The van der Waals surface area contributed by atoms with E-state index in [9.17, 15) is 26.4 Å². The number of halogens is 5. The molecule has 10 heteroatoms. The summed E-state index contributed by atoms with van der Waals surface area (Å²) in [5.74, 6) is -1.70. The van der Waals surface area contributed by atoms with Crippen LogP contribution < -0.4 is 4.90 Å². The average molecular weight is 376 g/mol. The van der Waals surface area contributed by atoms with Gasteiger partial charge in [-0.15, -0.1) is 0 Å². The van der Waals surface area contributed by atoms with Gasteiger partial charge in [-0.25, -0.2) is 8.42 Å². The minimum absolute atomic E-state index is 0.109. The van der Waals surface area contributed by atoms with Crippen molar-refractivity contribution in [2.45, 2.75) is 12.6 Å². The van der Waals surface area contributed by atoms with E-state index in [0.717, 1.165) is 17.0 Å². The quantitative estimate of drug-likeness (QED) is 0.761. The summed E-state index contributed by atoms with van der Waals surface area (Å²) >= 11 is 5.58. The van der Waals surface area contributed by atoms with Gasteiger partial charge in [0.25, 0.3) is 0 Å². The highest BCUT2D eigenvalue weighted by atomic mass is 35.7. The average Bonchev–Trinajstić information content (AvgIpc) is 2.66. The number of anilines is 1. The second kappa shape index (κ2) is 5.90. The summed E-state index contributed by atoms with van der Waals surface area (Å²) in [5, 5.41) is -0.109. The first-order valence-corrected chi connectivity index (χ1v) is 8.92. The predicted octanol–water partition coefficient (Wildman–Crippen LogP) is 3.28. The SMILES string of the molecule is O=C1CC(CS(=O)(=O)Cl)CN1c1ccc(Cl)cc1C(F)(F)F. The fourth-order valence-corrected chi connectivity index (χ4v) is 3.87. The van der Waals surface area contributed by atoms with Crippen molar-refractivity contribution in [1.82, 2.24) is 0 Å². The lowest BCUT2D eigenvalue weighted by atomic mass is 10.1. The topological polar surface area (TPSA) is 54.5 Å². The molecule has 0 bridgehead atoms. The minimum atomic E-state index is -4.68. The standard InChI is InChI=1S/C12H10Cl2F3NO3S/c13-8-1-2-10(9(4-8)12(15,16)17)18-5-7(3-11(18)19)6-22(14,20)21/h1-2,4,7H,3,5-6H2. The number of hydrogen-bond acceptors (Lipinski definition) is 3. The van der Waals surface area contributed by atoms with Crippen LogP contribution in [0.3, 0.4) is 0 Å². The molecule has 1 aromatic carbocycles. The lowest BCUT2D eigenvalue weighted by Gasteiger charge is -2.21. The summed E-state index contributed by atoms with van der Waals surface area (Å²) in [7, 11) is 1.29. The Morgan fingerprint density at radius 3 is 2.50 bits per heavy atom. The maximum atomic E-state index is 13.1. The van der Waals surface area contributed by atoms with Crippen molar-refractivity contribution in [1.29, 1.82) is 0 Å². The zero-order valence-corrected chi connectivity index (χ0v) is 13.2. The summed E-state index contributed by atoms with van der Waals surface area (Å²) in [6.07, 6.45) is -4.86. The van der Waals surface area contributed by atoms with Crippen molar-refractivity contribution < 1.29 is 26.4 Å². The minimum Gasteiger partial charge on any atom is -0.311 e. The van der Waals surface area contributed by atoms with E-state index in [-0.39, 0.29) is 23.7 Å². The number of alkyl halides is 3. The third-order valence-corrected chi connectivity index (χ3v) is 4.68. The van der Waals surface area contributed by atoms with Gasteiger partial charge in [-0.1, -0.05) is 11.6 Å². The molecule has 22 heavy (non-hydrogen) atoms. The second-order valence-electron chi connectivity index (χ2n) is 4.94. The monoisotopic (exact) mass is 375 g/mol. The molecule has 0 N–H and O–H groups in total. The van der Waals surface area contributed by atoms with Crippen molar-refractivity contribution in [3.63, 3.8) is 0 Å². The smallest absolute Gasteiger partial charge is 0.311 e. The van der Waals surface area contributed by atoms with Gasteiger partial charge in [0, 0.05) is 34.6 Å². The molecule has 122 valence electrons. The van der Waals surface area contributed by atoms with Crippen LogP contribution in [-0.4, -0.2) is 26.6 Å². The van der Waals surface area contributed by atoms with Gasteiger partial charge in [-0.2, -0.15) is 13.2 Å². The van der Waals surface area contributed by atoms with Crippen LogP contribution in [0.2, 0.25) is 5.02 Å². The number of hydrogen-bond donors (Lipinski definition) is 0. The van der Waals surface area contributed by atoms with Crippen LogP contribution in [0.25, 0.3) is 0 Å². The zero-order valence-electron chi connectivity index (χ0n) is 10.9. The van der Waals surface area contributed by atoms with E-state index < -0.39 is 38.4 Å². The highest BCUT2D eigenvalue weighted by molar-refractivity contribution is 8.13. The lowest BCUT2D eigenvalue weighted by Crippen LogP contribution is -2.28. The maximum Gasteiger partial charge on any atom is 0.418 e. The Labute approximate surface area is 134 Å². The van der Waals surface area contributed by atoms with Crippen molar-refractivity contribution in [3.8, 4) is 0 Å². The van der Waals surface area contributed by atoms with Gasteiger partial charge in [0.2, 0.25) is 15.0 Å². The van der Waals surface area contributed by atoms with E-state index in [1.807, 2.05) is 0 Å². The van der Waals surface area contributed by atoms with E-state index in [4.69, 9.17) is 22.3 Å². The van der Waals surface area contributed by atoms with E-state index in [2.05, 4.69) is 0 Å². The first-order chi connectivity index (χ1) is 9.97. The summed E-state index contributed by atoms with van der Waals surface area (Å²) < 4.78 is 61.3. The molecule has 1 saturated heterocycles.